The molecular weight excluding hydrogens is 208 g/mol. The van der Waals surface area contributed by atoms with Crippen LogP contribution in [0.5, 0.6) is 0 Å². The number of aliphatic hydroxyl groups is 3. The molecule has 88 valence electrons. The summed E-state index contributed by atoms with van der Waals surface area (Å²) in [5.74, 6) is 0. The Balaban J connectivity index is 2.01. The Labute approximate surface area is 94.1 Å². The van der Waals surface area contributed by atoms with Crippen LogP contribution in [0.4, 0.5) is 0 Å². The predicted octanol–water partition coefficient (Wildman–Crippen LogP) is -0.289. The number of hydrogen-bond acceptors (Lipinski definition) is 4. The molecule has 3 N–H and O–H groups in total. The first-order chi connectivity index (χ1) is 7.72. The van der Waals surface area contributed by atoms with Crippen LogP contribution in [0.15, 0.2) is 30.3 Å². The van der Waals surface area contributed by atoms with Gasteiger partial charge >= 0.3 is 0 Å². The summed E-state index contributed by atoms with van der Waals surface area (Å²) in [7, 11) is 0. The smallest absolute Gasteiger partial charge is 0.111 e. The Hall–Kier alpha value is -0.940. The summed E-state index contributed by atoms with van der Waals surface area (Å²) in [6.45, 7) is -0.274. The molecule has 16 heavy (non-hydrogen) atoms. The van der Waals surface area contributed by atoms with Gasteiger partial charge in [-0.3, -0.25) is 0 Å². The molecule has 1 aromatic rings. The molecule has 0 unspecified atom stereocenters. The van der Waals surface area contributed by atoms with Crippen molar-refractivity contribution in [3.8, 4) is 0 Å². The van der Waals surface area contributed by atoms with E-state index in [1.165, 1.54) is 0 Å². The van der Waals surface area contributed by atoms with Crippen molar-refractivity contribution >= 4 is 0 Å². The van der Waals surface area contributed by atoms with Crippen molar-refractivity contribution in [2.24, 2.45) is 0 Å². The second-order valence-corrected chi connectivity index (χ2v) is 4.07. The second kappa shape index (κ2) is 4.93. The summed E-state index contributed by atoms with van der Waals surface area (Å²) in [6, 6.07) is 9.62. The summed E-state index contributed by atoms with van der Waals surface area (Å²) in [4.78, 5) is 0. The standard InChI is InChI=1S/C12H16O4/c13-7-10-12(15)11(14)9(16-10)6-8-4-2-1-3-5-8/h1-5,9-15H,6-7H2/t9-,10+,11+,12+/m0/s1. The zero-order chi connectivity index (χ0) is 11.5. The van der Waals surface area contributed by atoms with Gasteiger partial charge in [-0.15, -0.1) is 0 Å². The van der Waals surface area contributed by atoms with Crippen LogP contribution in [0.1, 0.15) is 5.56 Å². The predicted molar refractivity (Wildman–Crippen MR) is 57.9 cm³/mol. The summed E-state index contributed by atoms with van der Waals surface area (Å²) in [5.41, 5.74) is 1.04. The first-order valence-electron chi connectivity index (χ1n) is 5.38. The molecule has 0 aromatic heterocycles. The monoisotopic (exact) mass is 224 g/mol. The molecule has 0 aliphatic carbocycles. The van der Waals surface area contributed by atoms with E-state index in [9.17, 15) is 10.2 Å². The van der Waals surface area contributed by atoms with Crippen LogP contribution in [0.3, 0.4) is 0 Å². The maximum atomic E-state index is 9.73. The highest BCUT2D eigenvalue weighted by atomic mass is 16.6. The number of hydrogen-bond donors (Lipinski definition) is 3. The van der Waals surface area contributed by atoms with E-state index in [1.807, 2.05) is 30.3 Å². The topological polar surface area (TPSA) is 69.9 Å². The Morgan fingerprint density at radius 2 is 1.62 bits per heavy atom. The Kier molecular flexibility index (Phi) is 3.56. The minimum absolute atomic E-state index is 0.274. The molecular formula is C12H16O4. The number of ether oxygens (including phenoxy) is 1. The van der Waals surface area contributed by atoms with Crippen molar-refractivity contribution in [3.63, 3.8) is 0 Å². The molecule has 2 rings (SSSR count). The van der Waals surface area contributed by atoms with Crippen LogP contribution in [0.2, 0.25) is 0 Å². The van der Waals surface area contributed by atoms with Crippen molar-refractivity contribution in [1.29, 1.82) is 0 Å². The van der Waals surface area contributed by atoms with Gasteiger partial charge in [0.1, 0.15) is 18.3 Å². The molecule has 1 aliphatic rings. The summed E-state index contributed by atoms with van der Waals surface area (Å²) < 4.78 is 5.39. The van der Waals surface area contributed by atoms with E-state index in [-0.39, 0.29) is 6.61 Å². The third-order valence-corrected chi connectivity index (χ3v) is 2.92. The Morgan fingerprint density at radius 3 is 2.19 bits per heavy atom. The molecule has 0 spiro atoms. The van der Waals surface area contributed by atoms with E-state index in [2.05, 4.69) is 0 Å². The Bertz CT molecular complexity index is 327. The first kappa shape index (κ1) is 11.5. The first-order valence-corrected chi connectivity index (χ1v) is 5.38. The maximum Gasteiger partial charge on any atom is 0.111 e. The molecule has 4 nitrogen and oxygen atoms in total. The van der Waals surface area contributed by atoms with E-state index in [1.54, 1.807) is 0 Å². The van der Waals surface area contributed by atoms with Crippen LogP contribution >= 0.6 is 0 Å². The number of rotatable bonds is 3. The zero-order valence-electron chi connectivity index (χ0n) is 8.86. The quantitative estimate of drug-likeness (QED) is 0.660. The lowest BCUT2D eigenvalue weighted by Crippen LogP contribution is -2.34. The molecule has 1 aromatic carbocycles. The van der Waals surface area contributed by atoms with Gasteiger partial charge in [0.25, 0.3) is 0 Å². The molecule has 0 bridgehead atoms. The van der Waals surface area contributed by atoms with E-state index in [4.69, 9.17) is 9.84 Å². The lowest BCUT2D eigenvalue weighted by atomic mass is 10.0. The van der Waals surface area contributed by atoms with Crippen molar-refractivity contribution in [3.05, 3.63) is 35.9 Å². The lowest BCUT2D eigenvalue weighted by Gasteiger charge is -2.14. The SMILES string of the molecule is OC[C@H]1O[C@@H](Cc2ccccc2)[C@@H](O)[C@@H]1O. The molecule has 0 amide bonds. The molecule has 1 fully saturated rings. The van der Waals surface area contributed by atoms with Crippen LogP contribution in [0, 0.1) is 0 Å². The molecule has 1 heterocycles. The second-order valence-electron chi connectivity index (χ2n) is 4.07. The van der Waals surface area contributed by atoms with Crippen molar-refractivity contribution in [2.75, 3.05) is 6.61 Å². The molecule has 1 saturated heterocycles. The third kappa shape index (κ3) is 2.25. The largest absolute Gasteiger partial charge is 0.394 e. The molecule has 4 atom stereocenters. The highest BCUT2D eigenvalue weighted by Crippen LogP contribution is 2.23. The maximum absolute atomic E-state index is 9.73. The van der Waals surface area contributed by atoms with E-state index in [0.29, 0.717) is 6.42 Å². The van der Waals surface area contributed by atoms with Gasteiger partial charge in [0.2, 0.25) is 0 Å². The van der Waals surface area contributed by atoms with Crippen LogP contribution in [0.25, 0.3) is 0 Å². The van der Waals surface area contributed by atoms with E-state index in [0.717, 1.165) is 5.56 Å². The average Bonchev–Trinajstić information content (AvgIpc) is 2.58. The highest BCUT2D eigenvalue weighted by molar-refractivity contribution is 5.16. The molecule has 0 radical (unpaired) electrons. The van der Waals surface area contributed by atoms with Crippen LogP contribution < -0.4 is 0 Å². The van der Waals surface area contributed by atoms with Gasteiger partial charge in [0, 0.05) is 6.42 Å². The van der Waals surface area contributed by atoms with Crippen molar-refractivity contribution < 1.29 is 20.1 Å². The minimum atomic E-state index is -1.00. The highest BCUT2D eigenvalue weighted by Gasteiger charge is 2.41. The van der Waals surface area contributed by atoms with Gasteiger partial charge in [0.05, 0.1) is 12.7 Å². The minimum Gasteiger partial charge on any atom is -0.394 e. The van der Waals surface area contributed by atoms with Gasteiger partial charge in [-0.2, -0.15) is 0 Å². The summed E-state index contributed by atoms with van der Waals surface area (Å²) in [5, 5.41) is 28.2. The lowest BCUT2D eigenvalue weighted by molar-refractivity contribution is -0.0215. The van der Waals surface area contributed by atoms with E-state index < -0.39 is 24.4 Å². The van der Waals surface area contributed by atoms with Gasteiger partial charge in [-0.1, -0.05) is 30.3 Å². The van der Waals surface area contributed by atoms with Gasteiger partial charge in [-0.25, -0.2) is 0 Å². The zero-order valence-corrected chi connectivity index (χ0v) is 8.86. The van der Waals surface area contributed by atoms with Gasteiger partial charge in [0.15, 0.2) is 0 Å². The summed E-state index contributed by atoms with van der Waals surface area (Å²) >= 11 is 0. The number of benzene rings is 1. The Morgan fingerprint density at radius 1 is 1.00 bits per heavy atom. The van der Waals surface area contributed by atoms with Gasteiger partial charge in [-0.05, 0) is 5.56 Å². The van der Waals surface area contributed by atoms with Crippen LogP contribution in [-0.2, 0) is 11.2 Å². The molecule has 4 heteroatoms. The summed E-state index contributed by atoms with van der Waals surface area (Å²) in [6.07, 6.45) is -2.52. The van der Waals surface area contributed by atoms with Crippen molar-refractivity contribution in [1.82, 2.24) is 0 Å². The van der Waals surface area contributed by atoms with Gasteiger partial charge < -0.3 is 20.1 Å². The van der Waals surface area contributed by atoms with Crippen molar-refractivity contribution in [2.45, 2.75) is 30.8 Å². The average molecular weight is 224 g/mol. The number of aliphatic hydroxyl groups excluding tert-OH is 3. The van der Waals surface area contributed by atoms with Crippen LogP contribution in [-0.4, -0.2) is 46.3 Å². The third-order valence-electron chi connectivity index (χ3n) is 2.92. The molecule has 1 aliphatic heterocycles. The molecule has 0 saturated carbocycles. The fraction of sp³-hybridized carbons (Fsp3) is 0.500. The fourth-order valence-corrected chi connectivity index (χ4v) is 1.99. The normalized spacial score (nSPS) is 34.2. The fourth-order valence-electron chi connectivity index (χ4n) is 1.99. The van der Waals surface area contributed by atoms with E-state index >= 15 is 0 Å².